The highest BCUT2D eigenvalue weighted by molar-refractivity contribution is 5.76. The molecule has 1 amide bonds. The summed E-state index contributed by atoms with van der Waals surface area (Å²) in [7, 11) is 0. The number of rotatable bonds is 8. The summed E-state index contributed by atoms with van der Waals surface area (Å²) in [6.45, 7) is 10.1. The first kappa shape index (κ1) is 14.4. The maximum Gasteiger partial charge on any atom is 0.221 e. The SMILES string of the molecule is CCC(CC)CNC(=O)CCNC(C)C. The summed E-state index contributed by atoms with van der Waals surface area (Å²) < 4.78 is 0. The summed E-state index contributed by atoms with van der Waals surface area (Å²) in [5.74, 6) is 0.794. The molecule has 0 aromatic rings. The zero-order valence-corrected chi connectivity index (χ0v) is 10.6. The van der Waals surface area contributed by atoms with Crippen molar-refractivity contribution >= 4 is 5.91 Å². The minimum atomic E-state index is 0.162. The van der Waals surface area contributed by atoms with Gasteiger partial charge in [0.2, 0.25) is 5.91 Å². The van der Waals surface area contributed by atoms with E-state index in [2.05, 4.69) is 38.3 Å². The molecular weight excluding hydrogens is 188 g/mol. The van der Waals surface area contributed by atoms with Crippen molar-refractivity contribution in [2.24, 2.45) is 5.92 Å². The molecule has 0 saturated carbocycles. The van der Waals surface area contributed by atoms with Crippen LogP contribution in [0.5, 0.6) is 0 Å². The fourth-order valence-corrected chi connectivity index (χ4v) is 1.40. The van der Waals surface area contributed by atoms with Crippen LogP contribution in [0, 0.1) is 5.92 Å². The minimum absolute atomic E-state index is 0.162. The molecule has 0 aromatic carbocycles. The summed E-state index contributed by atoms with van der Waals surface area (Å²) in [6.07, 6.45) is 2.86. The Bertz CT molecular complexity index is 165. The lowest BCUT2D eigenvalue weighted by molar-refractivity contribution is -0.121. The smallest absolute Gasteiger partial charge is 0.221 e. The maximum atomic E-state index is 11.4. The van der Waals surface area contributed by atoms with Gasteiger partial charge in [-0.25, -0.2) is 0 Å². The third kappa shape index (κ3) is 8.43. The van der Waals surface area contributed by atoms with Crippen LogP contribution in [0.15, 0.2) is 0 Å². The molecule has 0 aliphatic rings. The van der Waals surface area contributed by atoms with E-state index < -0.39 is 0 Å². The number of amides is 1. The molecule has 0 spiro atoms. The zero-order chi connectivity index (χ0) is 11.7. The highest BCUT2D eigenvalue weighted by Crippen LogP contribution is 2.04. The maximum absolute atomic E-state index is 11.4. The zero-order valence-electron chi connectivity index (χ0n) is 10.6. The fourth-order valence-electron chi connectivity index (χ4n) is 1.40. The van der Waals surface area contributed by atoms with Crippen molar-refractivity contribution in [3.8, 4) is 0 Å². The van der Waals surface area contributed by atoms with Crippen LogP contribution in [-0.2, 0) is 4.79 Å². The quantitative estimate of drug-likeness (QED) is 0.648. The molecule has 90 valence electrons. The first-order valence-electron chi connectivity index (χ1n) is 6.10. The van der Waals surface area contributed by atoms with Crippen LogP contribution in [-0.4, -0.2) is 25.0 Å². The Kier molecular flexibility index (Phi) is 8.38. The largest absolute Gasteiger partial charge is 0.356 e. The molecule has 15 heavy (non-hydrogen) atoms. The van der Waals surface area contributed by atoms with Crippen LogP contribution in [0.3, 0.4) is 0 Å². The number of hydrogen-bond acceptors (Lipinski definition) is 2. The van der Waals surface area contributed by atoms with Crippen LogP contribution < -0.4 is 10.6 Å². The Hall–Kier alpha value is -0.570. The molecular formula is C12H26N2O. The average molecular weight is 214 g/mol. The summed E-state index contributed by atoms with van der Waals surface area (Å²) in [5.41, 5.74) is 0. The van der Waals surface area contributed by atoms with Gasteiger partial charge in [-0.3, -0.25) is 4.79 Å². The Balaban J connectivity index is 3.48. The van der Waals surface area contributed by atoms with Gasteiger partial charge in [0.05, 0.1) is 0 Å². The van der Waals surface area contributed by atoms with Gasteiger partial charge in [-0.2, -0.15) is 0 Å². The van der Waals surface area contributed by atoms with E-state index in [0.717, 1.165) is 25.9 Å². The van der Waals surface area contributed by atoms with Gasteiger partial charge in [0, 0.05) is 25.6 Å². The van der Waals surface area contributed by atoms with E-state index in [9.17, 15) is 4.79 Å². The second-order valence-corrected chi connectivity index (χ2v) is 4.35. The van der Waals surface area contributed by atoms with E-state index in [1.54, 1.807) is 0 Å². The van der Waals surface area contributed by atoms with E-state index in [1.165, 1.54) is 0 Å². The van der Waals surface area contributed by atoms with Gasteiger partial charge in [-0.05, 0) is 5.92 Å². The lowest BCUT2D eigenvalue weighted by atomic mass is 10.0. The van der Waals surface area contributed by atoms with Gasteiger partial charge in [0.1, 0.15) is 0 Å². The van der Waals surface area contributed by atoms with Crippen LogP contribution in [0.25, 0.3) is 0 Å². The molecule has 0 heterocycles. The van der Waals surface area contributed by atoms with Gasteiger partial charge in [-0.15, -0.1) is 0 Å². The van der Waals surface area contributed by atoms with Gasteiger partial charge in [0.15, 0.2) is 0 Å². The van der Waals surface area contributed by atoms with Crippen molar-refractivity contribution < 1.29 is 4.79 Å². The molecule has 0 bridgehead atoms. The molecule has 0 aliphatic heterocycles. The highest BCUT2D eigenvalue weighted by atomic mass is 16.1. The standard InChI is InChI=1S/C12H26N2O/c1-5-11(6-2)9-14-12(15)7-8-13-10(3)4/h10-11,13H,5-9H2,1-4H3,(H,14,15). The van der Waals surface area contributed by atoms with Crippen LogP contribution in [0.1, 0.15) is 47.0 Å². The highest BCUT2D eigenvalue weighted by Gasteiger charge is 2.06. The third-order valence-corrected chi connectivity index (χ3v) is 2.65. The number of nitrogens with one attached hydrogen (secondary N) is 2. The van der Waals surface area contributed by atoms with Gasteiger partial charge in [-0.1, -0.05) is 40.5 Å². The van der Waals surface area contributed by atoms with Crippen molar-refractivity contribution in [2.75, 3.05) is 13.1 Å². The van der Waals surface area contributed by atoms with Crippen LogP contribution >= 0.6 is 0 Å². The Morgan fingerprint density at radius 3 is 2.27 bits per heavy atom. The monoisotopic (exact) mass is 214 g/mol. The van der Waals surface area contributed by atoms with Crippen molar-refractivity contribution in [1.82, 2.24) is 10.6 Å². The molecule has 0 fully saturated rings. The van der Waals surface area contributed by atoms with E-state index in [1.807, 2.05) is 0 Å². The molecule has 0 radical (unpaired) electrons. The van der Waals surface area contributed by atoms with Gasteiger partial charge < -0.3 is 10.6 Å². The van der Waals surface area contributed by atoms with E-state index in [-0.39, 0.29) is 5.91 Å². The summed E-state index contributed by atoms with van der Waals surface area (Å²) in [4.78, 5) is 11.4. The van der Waals surface area contributed by atoms with Crippen LogP contribution in [0.4, 0.5) is 0 Å². The molecule has 0 atom stereocenters. The van der Waals surface area contributed by atoms with E-state index in [0.29, 0.717) is 18.4 Å². The third-order valence-electron chi connectivity index (χ3n) is 2.65. The second-order valence-electron chi connectivity index (χ2n) is 4.35. The Labute approximate surface area is 94.0 Å². The van der Waals surface area contributed by atoms with E-state index >= 15 is 0 Å². The van der Waals surface area contributed by atoms with Crippen molar-refractivity contribution in [1.29, 1.82) is 0 Å². The predicted molar refractivity (Wildman–Crippen MR) is 64.8 cm³/mol. The number of hydrogen-bond donors (Lipinski definition) is 2. The van der Waals surface area contributed by atoms with Crippen molar-refractivity contribution in [3.63, 3.8) is 0 Å². The predicted octanol–water partition coefficient (Wildman–Crippen LogP) is 1.93. The topological polar surface area (TPSA) is 41.1 Å². The Morgan fingerprint density at radius 2 is 1.80 bits per heavy atom. The Morgan fingerprint density at radius 1 is 1.20 bits per heavy atom. The lowest BCUT2D eigenvalue weighted by Gasteiger charge is -2.13. The minimum Gasteiger partial charge on any atom is -0.356 e. The summed E-state index contributed by atoms with van der Waals surface area (Å²) >= 11 is 0. The molecule has 3 heteroatoms. The van der Waals surface area contributed by atoms with Gasteiger partial charge >= 0.3 is 0 Å². The summed E-state index contributed by atoms with van der Waals surface area (Å²) in [6, 6.07) is 0.455. The molecule has 0 aromatic heterocycles. The first-order valence-corrected chi connectivity index (χ1v) is 6.10. The molecule has 0 saturated heterocycles. The van der Waals surface area contributed by atoms with Crippen molar-refractivity contribution in [2.45, 2.75) is 53.0 Å². The fraction of sp³-hybridized carbons (Fsp3) is 0.917. The molecule has 0 rings (SSSR count). The van der Waals surface area contributed by atoms with Crippen molar-refractivity contribution in [3.05, 3.63) is 0 Å². The molecule has 0 unspecified atom stereocenters. The average Bonchev–Trinajstić information content (AvgIpc) is 2.18. The molecule has 2 N–H and O–H groups in total. The number of carbonyl (C=O) groups excluding carboxylic acids is 1. The first-order chi connectivity index (χ1) is 7.10. The van der Waals surface area contributed by atoms with Gasteiger partial charge in [0.25, 0.3) is 0 Å². The van der Waals surface area contributed by atoms with E-state index in [4.69, 9.17) is 0 Å². The normalized spacial score (nSPS) is 11.1. The summed E-state index contributed by atoms with van der Waals surface area (Å²) in [5, 5.41) is 6.21. The molecule has 3 nitrogen and oxygen atoms in total. The molecule has 0 aliphatic carbocycles. The lowest BCUT2D eigenvalue weighted by Crippen LogP contribution is -2.33. The number of carbonyl (C=O) groups is 1. The van der Waals surface area contributed by atoms with Crippen LogP contribution in [0.2, 0.25) is 0 Å². The second kappa shape index (κ2) is 8.72.